The molecule has 0 atom stereocenters. The van der Waals surface area contributed by atoms with Crippen LogP contribution in [0.4, 0.5) is 0 Å². The summed E-state index contributed by atoms with van der Waals surface area (Å²) >= 11 is 1.25. The zero-order valence-electron chi connectivity index (χ0n) is 12.3. The van der Waals surface area contributed by atoms with E-state index in [9.17, 15) is 4.79 Å². The van der Waals surface area contributed by atoms with Crippen molar-refractivity contribution in [3.8, 4) is 22.8 Å². The number of ether oxygens (including phenoxy) is 2. The normalized spacial score (nSPS) is 12.0. The van der Waals surface area contributed by atoms with E-state index in [1.807, 2.05) is 18.2 Å². The van der Waals surface area contributed by atoms with E-state index in [0.29, 0.717) is 12.3 Å². The largest absolute Gasteiger partial charge is 0.454 e. The van der Waals surface area contributed by atoms with Crippen molar-refractivity contribution in [3.63, 3.8) is 0 Å². The molecule has 3 aromatic rings. The van der Waals surface area contributed by atoms with Crippen LogP contribution in [0.25, 0.3) is 11.3 Å². The van der Waals surface area contributed by atoms with E-state index in [-0.39, 0.29) is 34.8 Å². The van der Waals surface area contributed by atoms with Gasteiger partial charge in [-0.05, 0) is 30.3 Å². The van der Waals surface area contributed by atoms with Crippen LogP contribution in [-0.2, 0) is 6.54 Å². The number of hydrogen-bond donors (Lipinski definition) is 2. The summed E-state index contributed by atoms with van der Waals surface area (Å²) in [6, 6.07) is 10.6. The number of nitrogens with one attached hydrogen (secondary N) is 2. The molecule has 9 heteroatoms. The molecule has 0 radical (unpaired) electrons. The highest BCUT2D eigenvalue weighted by molar-refractivity contribution is 8.93. The molecule has 7 nitrogen and oxygen atoms in total. The molecule has 0 bridgehead atoms. The number of hydrogen-bond acceptors (Lipinski definition) is 6. The van der Waals surface area contributed by atoms with Gasteiger partial charge in [-0.3, -0.25) is 14.6 Å². The number of H-pyrrole nitrogens is 1. The molecule has 0 aliphatic carbocycles. The average Bonchev–Trinajstić information content (AvgIpc) is 3.17. The first-order valence-electron chi connectivity index (χ1n) is 6.89. The Bertz CT molecular complexity index is 995. The highest BCUT2D eigenvalue weighted by Gasteiger charge is 2.14. The highest BCUT2D eigenvalue weighted by Crippen LogP contribution is 2.35. The fourth-order valence-corrected chi connectivity index (χ4v) is 2.98. The Hall–Kier alpha value is -2.39. The lowest BCUT2D eigenvalue weighted by Crippen LogP contribution is -2.22. The summed E-state index contributed by atoms with van der Waals surface area (Å²) in [4.78, 5) is 12.0. The SMILES string of the molecule is Br.N=c1ccc(-c2ccc3c(c2)OCO3)nn1Cc1cc(=O)[nH]s1. The highest BCUT2D eigenvalue weighted by atomic mass is 79.9. The van der Waals surface area contributed by atoms with Gasteiger partial charge in [0.05, 0.1) is 12.2 Å². The van der Waals surface area contributed by atoms with Crippen molar-refractivity contribution in [2.45, 2.75) is 6.54 Å². The van der Waals surface area contributed by atoms with Gasteiger partial charge in [0, 0.05) is 16.5 Å². The smallest absolute Gasteiger partial charge is 0.258 e. The molecule has 0 amide bonds. The average molecular weight is 409 g/mol. The van der Waals surface area contributed by atoms with Crippen molar-refractivity contribution in [1.82, 2.24) is 14.2 Å². The number of aromatic nitrogens is 3. The van der Waals surface area contributed by atoms with Gasteiger partial charge < -0.3 is 9.47 Å². The standard InChI is InChI=1S/C15H12N4O3S.BrH/c16-14-4-2-11(9-1-3-12-13(5-9)22-8-21-12)17-19(14)7-10-6-15(20)18-23-10;/h1-6,16H,7-8H2,(H,18,20);1H. The Labute approximate surface area is 150 Å². The molecule has 24 heavy (non-hydrogen) atoms. The summed E-state index contributed by atoms with van der Waals surface area (Å²) < 4.78 is 14.9. The molecule has 0 unspecified atom stereocenters. The Morgan fingerprint density at radius 3 is 2.83 bits per heavy atom. The zero-order valence-corrected chi connectivity index (χ0v) is 14.8. The molecule has 124 valence electrons. The molecular formula is C15H13BrN4O3S. The van der Waals surface area contributed by atoms with Gasteiger partial charge in [-0.1, -0.05) is 11.5 Å². The number of halogens is 1. The van der Waals surface area contributed by atoms with E-state index in [1.54, 1.807) is 16.8 Å². The lowest BCUT2D eigenvalue weighted by molar-refractivity contribution is 0.174. The molecule has 4 rings (SSSR count). The van der Waals surface area contributed by atoms with Gasteiger partial charge in [-0.25, -0.2) is 4.68 Å². The molecule has 1 aliphatic heterocycles. The lowest BCUT2D eigenvalue weighted by atomic mass is 10.1. The molecule has 0 fully saturated rings. The number of fused-ring (bicyclic) bond motifs is 1. The zero-order chi connectivity index (χ0) is 15.8. The Balaban J connectivity index is 0.00000169. The van der Waals surface area contributed by atoms with E-state index in [2.05, 4.69) is 9.47 Å². The summed E-state index contributed by atoms with van der Waals surface area (Å²) in [6.07, 6.45) is 0. The number of nitrogens with zero attached hydrogens (tertiary/aromatic N) is 2. The van der Waals surface area contributed by atoms with Crippen LogP contribution in [0.3, 0.4) is 0 Å². The summed E-state index contributed by atoms with van der Waals surface area (Å²) in [5, 5.41) is 12.5. The predicted molar refractivity (Wildman–Crippen MR) is 94.0 cm³/mol. The van der Waals surface area contributed by atoms with Crippen LogP contribution in [0, 0.1) is 5.41 Å². The minimum atomic E-state index is -0.135. The van der Waals surface area contributed by atoms with Crippen LogP contribution in [0.5, 0.6) is 11.5 Å². The summed E-state index contributed by atoms with van der Waals surface area (Å²) in [6.45, 7) is 0.602. The molecule has 2 aromatic heterocycles. The van der Waals surface area contributed by atoms with Gasteiger partial charge in [0.1, 0.15) is 5.49 Å². The minimum absolute atomic E-state index is 0. The van der Waals surface area contributed by atoms with Crippen LogP contribution in [-0.4, -0.2) is 20.9 Å². The molecule has 1 aliphatic rings. The van der Waals surface area contributed by atoms with E-state index >= 15 is 0 Å². The second-order valence-electron chi connectivity index (χ2n) is 5.01. The summed E-state index contributed by atoms with van der Waals surface area (Å²) in [5.74, 6) is 1.41. The first-order chi connectivity index (χ1) is 11.2. The van der Waals surface area contributed by atoms with Gasteiger partial charge in [0.25, 0.3) is 5.56 Å². The van der Waals surface area contributed by atoms with Gasteiger partial charge in [0.15, 0.2) is 11.5 Å². The number of rotatable bonds is 3. The topological polar surface area (TPSA) is 93.0 Å². The maximum atomic E-state index is 11.2. The molecule has 0 saturated carbocycles. The van der Waals surface area contributed by atoms with Gasteiger partial charge in [0.2, 0.25) is 6.79 Å². The summed E-state index contributed by atoms with van der Waals surface area (Å²) in [7, 11) is 0. The van der Waals surface area contributed by atoms with E-state index < -0.39 is 0 Å². The van der Waals surface area contributed by atoms with Crippen LogP contribution < -0.4 is 20.5 Å². The van der Waals surface area contributed by atoms with E-state index in [1.165, 1.54) is 17.6 Å². The molecule has 0 spiro atoms. The van der Waals surface area contributed by atoms with Crippen LogP contribution in [0.1, 0.15) is 4.88 Å². The monoisotopic (exact) mass is 408 g/mol. The molecule has 2 N–H and O–H groups in total. The van der Waals surface area contributed by atoms with Crippen LogP contribution >= 0.6 is 28.5 Å². The lowest BCUT2D eigenvalue weighted by Gasteiger charge is -2.08. The third-order valence-electron chi connectivity index (χ3n) is 3.45. The third kappa shape index (κ3) is 3.13. The Morgan fingerprint density at radius 2 is 2.04 bits per heavy atom. The van der Waals surface area contributed by atoms with Crippen LogP contribution in [0.15, 0.2) is 41.2 Å². The maximum Gasteiger partial charge on any atom is 0.258 e. The van der Waals surface area contributed by atoms with Crippen LogP contribution in [0.2, 0.25) is 0 Å². The number of benzene rings is 1. The van der Waals surface area contributed by atoms with Gasteiger partial charge >= 0.3 is 0 Å². The quantitative estimate of drug-likeness (QED) is 0.693. The third-order valence-corrected chi connectivity index (χ3v) is 4.27. The van der Waals surface area contributed by atoms with E-state index in [0.717, 1.165) is 21.9 Å². The van der Waals surface area contributed by atoms with Crippen molar-refractivity contribution >= 4 is 28.5 Å². The molecule has 3 heterocycles. The van der Waals surface area contributed by atoms with Crippen molar-refractivity contribution in [2.24, 2.45) is 0 Å². The second-order valence-corrected chi connectivity index (χ2v) is 5.94. The first-order valence-corrected chi connectivity index (χ1v) is 7.71. The molecule has 1 aromatic carbocycles. The van der Waals surface area contributed by atoms with Crippen molar-refractivity contribution in [1.29, 1.82) is 5.41 Å². The molecule has 0 saturated heterocycles. The van der Waals surface area contributed by atoms with E-state index in [4.69, 9.17) is 14.9 Å². The summed E-state index contributed by atoms with van der Waals surface area (Å²) in [5.41, 5.74) is 1.74. The van der Waals surface area contributed by atoms with Crippen molar-refractivity contribution in [2.75, 3.05) is 6.79 Å². The van der Waals surface area contributed by atoms with Crippen molar-refractivity contribution in [3.05, 3.63) is 57.1 Å². The fourth-order valence-electron chi connectivity index (χ4n) is 2.34. The predicted octanol–water partition coefficient (Wildman–Crippen LogP) is 2.13. The second kappa shape index (κ2) is 6.62. The maximum absolute atomic E-state index is 11.2. The number of aromatic amines is 1. The van der Waals surface area contributed by atoms with Gasteiger partial charge in [-0.15, -0.1) is 17.0 Å². The van der Waals surface area contributed by atoms with Crippen molar-refractivity contribution < 1.29 is 9.47 Å². The minimum Gasteiger partial charge on any atom is -0.454 e. The van der Waals surface area contributed by atoms with Gasteiger partial charge in [-0.2, -0.15) is 5.10 Å². The molecular weight excluding hydrogens is 396 g/mol. The Morgan fingerprint density at radius 1 is 1.21 bits per heavy atom. The first kappa shape index (κ1) is 16.5. The Kier molecular flexibility index (Phi) is 4.54. The fraction of sp³-hybridized carbons (Fsp3) is 0.133.